The second-order valence-electron chi connectivity index (χ2n) is 8.18. The van der Waals surface area contributed by atoms with Crippen LogP contribution in [0, 0.1) is 13.8 Å². The van der Waals surface area contributed by atoms with Gasteiger partial charge in [-0.2, -0.15) is 0 Å². The van der Waals surface area contributed by atoms with Gasteiger partial charge in [-0.3, -0.25) is 4.98 Å². The van der Waals surface area contributed by atoms with Crippen molar-refractivity contribution in [3.8, 4) is 16.9 Å². The highest BCUT2D eigenvalue weighted by Gasteiger charge is 2.22. The van der Waals surface area contributed by atoms with E-state index in [0.29, 0.717) is 6.61 Å². The van der Waals surface area contributed by atoms with Crippen LogP contribution in [-0.4, -0.2) is 33.9 Å². The minimum absolute atomic E-state index is 0.0557. The predicted molar refractivity (Wildman–Crippen MR) is 128 cm³/mol. The Morgan fingerprint density at radius 3 is 2.52 bits per heavy atom. The molecule has 2 aromatic carbocycles. The van der Waals surface area contributed by atoms with Gasteiger partial charge in [-0.25, -0.2) is 4.98 Å². The van der Waals surface area contributed by atoms with Crippen LogP contribution in [0.15, 0.2) is 53.2 Å². The van der Waals surface area contributed by atoms with Gasteiger partial charge in [0.15, 0.2) is 0 Å². The lowest BCUT2D eigenvalue weighted by Crippen LogP contribution is -2.11. The van der Waals surface area contributed by atoms with Crippen LogP contribution in [0.2, 0.25) is 0 Å². The summed E-state index contributed by atoms with van der Waals surface area (Å²) in [5, 5.41) is 5.08. The van der Waals surface area contributed by atoms with Crippen molar-refractivity contribution in [3.63, 3.8) is 0 Å². The fourth-order valence-corrected chi connectivity index (χ4v) is 4.61. The molecule has 0 saturated carbocycles. The molecule has 0 aliphatic heterocycles. The number of pyridine rings is 1. The second kappa shape index (κ2) is 8.33. The fraction of sp³-hybridized carbons (Fsp3) is 0.269. The normalized spacial score (nSPS) is 12.5. The Bertz CT molecular complexity index is 1430. The molecule has 0 saturated heterocycles. The SMILES string of the molecule is COCc1nc2cnc3cc(-c4c(C)noc4C)c(OC)cc3c2n1C(C)c1ccccc1. The van der Waals surface area contributed by atoms with Gasteiger partial charge in [-0.15, -0.1) is 0 Å². The van der Waals surface area contributed by atoms with E-state index < -0.39 is 0 Å². The monoisotopic (exact) mass is 442 g/mol. The molecule has 0 radical (unpaired) electrons. The summed E-state index contributed by atoms with van der Waals surface area (Å²) in [7, 11) is 3.36. The molecule has 0 fully saturated rings. The summed E-state index contributed by atoms with van der Waals surface area (Å²) in [6.45, 7) is 6.42. The van der Waals surface area contributed by atoms with Gasteiger partial charge in [-0.1, -0.05) is 35.5 Å². The van der Waals surface area contributed by atoms with Gasteiger partial charge in [0.05, 0.1) is 41.6 Å². The van der Waals surface area contributed by atoms with E-state index in [9.17, 15) is 0 Å². The van der Waals surface area contributed by atoms with Gasteiger partial charge < -0.3 is 18.6 Å². The molecular formula is C26H26N4O3. The Balaban J connectivity index is 1.82. The molecule has 0 N–H and O–H groups in total. The van der Waals surface area contributed by atoms with Crippen molar-refractivity contribution in [2.75, 3.05) is 14.2 Å². The van der Waals surface area contributed by atoms with Gasteiger partial charge in [0.25, 0.3) is 0 Å². The number of aromatic nitrogens is 4. The number of nitrogens with zero attached hydrogens (tertiary/aromatic N) is 4. The first-order chi connectivity index (χ1) is 16.0. The zero-order chi connectivity index (χ0) is 23.1. The number of aryl methyl sites for hydroxylation is 2. The van der Waals surface area contributed by atoms with E-state index in [1.807, 2.05) is 38.2 Å². The zero-order valence-electron chi connectivity index (χ0n) is 19.4. The maximum atomic E-state index is 5.82. The number of ether oxygens (including phenoxy) is 2. The molecule has 0 aliphatic rings. The van der Waals surface area contributed by atoms with E-state index in [1.54, 1.807) is 14.2 Å². The summed E-state index contributed by atoms with van der Waals surface area (Å²) >= 11 is 0. The third-order valence-electron chi connectivity index (χ3n) is 6.16. The van der Waals surface area contributed by atoms with Crippen molar-refractivity contribution in [2.45, 2.75) is 33.4 Å². The average molecular weight is 443 g/mol. The van der Waals surface area contributed by atoms with Gasteiger partial charge >= 0.3 is 0 Å². The Labute approximate surface area is 192 Å². The van der Waals surface area contributed by atoms with Crippen molar-refractivity contribution in [1.29, 1.82) is 0 Å². The largest absolute Gasteiger partial charge is 0.496 e. The lowest BCUT2D eigenvalue weighted by molar-refractivity contribution is 0.174. The molecule has 1 atom stereocenters. The Morgan fingerprint density at radius 1 is 1.06 bits per heavy atom. The quantitative estimate of drug-likeness (QED) is 0.340. The van der Waals surface area contributed by atoms with Crippen LogP contribution in [-0.2, 0) is 11.3 Å². The number of fused-ring (bicyclic) bond motifs is 3. The van der Waals surface area contributed by atoms with Crippen LogP contribution in [0.4, 0.5) is 0 Å². The van der Waals surface area contributed by atoms with Gasteiger partial charge in [0, 0.05) is 18.1 Å². The molecule has 0 amide bonds. The van der Waals surface area contributed by atoms with E-state index in [-0.39, 0.29) is 6.04 Å². The molecule has 1 unspecified atom stereocenters. The maximum absolute atomic E-state index is 5.82. The Morgan fingerprint density at radius 2 is 1.85 bits per heavy atom. The minimum atomic E-state index is 0.0557. The summed E-state index contributed by atoms with van der Waals surface area (Å²) < 4.78 is 19.0. The minimum Gasteiger partial charge on any atom is -0.496 e. The highest BCUT2D eigenvalue weighted by atomic mass is 16.5. The third-order valence-corrected chi connectivity index (χ3v) is 6.16. The zero-order valence-corrected chi connectivity index (χ0v) is 19.4. The highest BCUT2D eigenvalue weighted by Crippen LogP contribution is 2.40. The van der Waals surface area contributed by atoms with Crippen molar-refractivity contribution >= 4 is 21.9 Å². The molecule has 0 aliphatic carbocycles. The van der Waals surface area contributed by atoms with Crippen molar-refractivity contribution in [1.82, 2.24) is 19.7 Å². The van der Waals surface area contributed by atoms with E-state index in [1.165, 1.54) is 5.56 Å². The summed E-state index contributed by atoms with van der Waals surface area (Å²) in [6, 6.07) is 14.5. The molecule has 5 aromatic rings. The number of methoxy groups -OCH3 is 2. The van der Waals surface area contributed by atoms with Gasteiger partial charge in [0.1, 0.15) is 29.5 Å². The topological polar surface area (TPSA) is 75.2 Å². The molecule has 0 spiro atoms. The number of hydrogen-bond acceptors (Lipinski definition) is 6. The van der Waals surface area contributed by atoms with E-state index >= 15 is 0 Å². The summed E-state index contributed by atoms with van der Waals surface area (Å²) in [5.41, 5.74) is 6.53. The average Bonchev–Trinajstić information content (AvgIpc) is 3.37. The molecule has 7 nitrogen and oxygen atoms in total. The van der Waals surface area contributed by atoms with Gasteiger partial charge in [-0.05, 0) is 38.5 Å². The van der Waals surface area contributed by atoms with Gasteiger partial charge in [0.2, 0.25) is 0 Å². The number of benzene rings is 2. The molecule has 33 heavy (non-hydrogen) atoms. The van der Waals surface area contributed by atoms with Crippen LogP contribution < -0.4 is 4.74 Å². The number of rotatable bonds is 6. The number of hydrogen-bond donors (Lipinski definition) is 0. The summed E-state index contributed by atoms with van der Waals surface area (Å²) in [4.78, 5) is 9.60. The standard InChI is InChI=1S/C26H26N4O3/c1-15-25(17(3)33-29-15)20-11-21-19(12-23(20)32-5)26-22(13-27-21)28-24(14-31-4)30(26)16(2)18-9-7-6-8-10-18/h6-13,16H,14H2,1-5H3. The number of imidazole rings is 1. The van der Waals surface area contributed by atoms with E-state index in [4.69, 9.17) is 24.0 Å². The summed E-state index contributed by atoms with van der Waals surface area (Å²) in [6.07, 6.45) is 1.83. The van der Waals surface area contributed by atoms with E-state index in [2.05, 4.69) is 40.9 Å². The smallest absolute Gasteiger partial charge is 0.141 e. The third kappa shape index (κ3) is 3.45. The van der Waals surface area contributed by atoms with Crippen LogP contribution in [0.5, 0.6) is 5.75 Å². The van der Waals surface area contributed by atoms with Crippen molar-refractivity contribution in [2.24, 2.45) is 0 Å². The molecule has 0 bridgehead atoms. The second-order valence-corrected chi connectivity index (χ2v) is 8.18. The van der Waals surface area contributed by atoms with Crippen LogP contribution in [0.3, 0.4) is 0 Å². The van der Waals surface area contributed by atoms with Crippen LogP contribution in [0.1, 0.15) is 35.8 Å². The molecule has 5 rings (SSSR count). The summed E-state index contributed by atoms with van der Waals surface area (Å²) in [5.74, 6) is 2.34. The molecule has 7 heteroatoms. The Kier molecular flexibility index (Phi) is 5.34. The van der Waals surface area contributed by atoms with Crippen molar-refractivity contribution in [3.05, 3.63) is 71.5 Å². The first-order valence-corrected chi connectivity index (χ1v) is 10.9. The van der Waals surface area contributed by atoms with Crippen molar-refractivity contribution < 1.29 is 14.0 Å². The lowest BCUT2D eigenvalue weighted by atomic mass is 10.00. The Hall–Kier alpha value is -3.71. The molecule has 3 aromatic heterocycles. The van der Waals surface area contributed by atoms with Crippen LogP contribution >= 0.6 is 0 Å². The maximum Gasteiger partial charge on any atom is 0.141 e. The molecule has 168 valence electrons. The first-order valence-electron chi connectivity index (χ1n) is 10.9. The molecular weight excluding hydrogens is 416 g/mol. The molecule has 3 heterocycles. The van der Waals surface area contributed by atoms with E-state index in [0.717, 1.165) is 56.1 Å². The van der Waals surface area contributed by atoms with Crippen LogP contribution in [0.25, 0.3) is 33.1 Å². The fourth-order valence-electron chi connectivity index (χ4n) is 4.61. The lowest BCUT2D eigenvalue weighted by Gasteiger charge is -2.19. The highest BCUT2D eigenvalue weighted by molar-refractivity contribution is 6.05. The predicted octanol–water partition coefficient (Wildman–Crippen LogP) is 5.62. The first kappa shape index (κ1) is 21.2.